The first kappa shape index (κ1) is 20.7. The average Bonchev–Trinajstić information content (AvgIpc) is 2.86. The molecule has 146 valence electrons. The van der Waals surface area contributed by atoms with Gasteiger partial charge in [-0.15, -0.1) is 0 Å². The van der Waals surface area contributed by atoms with E-state index in [4.69, 9.17) is 0 Å². The minimum atomic E-state index is -1.000. The van der Waals surface area contributed by atoms with Gasteiger partial charge in [-0.3, -0.25) is 14.3 Å². The van der Waals surface area contributed by atoms with E-state index in [2.05, 4.69) is 18.9 Å². The minimum absolute atomic E-state index is 0.177. The van der Waals surface area contributed by atoms with Crippen LogP contribution in [0, 0.1) is 19.8 Å². The van der Waals surface area contributed by atoms with Crippen molar-refractivity contribution in [3.63, 3.8) is 0 Å². The van der Waals surface area contributed by atoms with Gasteiger partial charge in [0.1, 0.15) is 6.54 Å². The van der Waals surface area contributed by atoms with Crippen LogP contribution in [0.3, 0.4) is 0 Å². The van der Waals surface area contributed by atoms with Crippen LogP contribution < -0.4 is 0 Å². The minimum Gasteiger partial charge on any atom is -0.480 e. The highest BCUT2D eigenvalue weighted by atomic mass is 16.4. The smallest absolute Gasteiger partial charge is 0.323 e. The molecular formula is C21H29N3O3. The molecule has 0 aliphatic heterocycles. The molecule has 1 N–H and O–H groups in total. The molecule has 27 heavy (non-hydrogen) atoms. The SMILES string of the molecule is Cc1nn(CC(C)C)c(C)c1CC(=O)N(CCc1ccccc1)CC(=O)O. The van der Waals surface area contributed by atoms with Crippen molar-refractivity contribution in [2.45, 2.75) is 47.1 Å². The Kier molecular flexibility index (Phi) is 7.16. The Morgan fingerprint density at radius 1 is 1.19 bits per heavy atom. The molecule has 0 atom stereocenters. The fourth-order valence-electron chi connectivity index (χ4n) is 3.14. The van der Waals surface area contributed by atoms with Crippen molar-refractivity contribution in [3.8, 4) is 0 Å². The van der Waals surface area contributed by atoms with Gasteiger partial charge in [0.05, 0.1) is 12.1 Å². The lowest BCUT2D eigenvalue weighted by molar-refractivity contribution is -0.144. The molecule has 0 aliphatic rings. The Bertz CT molecular complexity index is 781. The van der Waals surface area contributed by atoms with Gasteiger partial charge in [0, 0.05) is 24.3 Å². The van der Waals surface area contributed by atoms with Crippen molar-refractivity contribution in [1.82, 2.24) is 14.7 Å². The molecule has 0 spiro atoms. The predicted molar refractivity (Wildman–Crippen MR) is 105 cm³/mol. The molecule has 0 bridgehead atoms. The summed E-state index contributed by atoms with van der Waals surface area (Å²) < 4.78 is 1.94. The molecule has 1 heterocycles. The fourth-order valence-corrected chi connectivity index (χ4v) is 3.14. The highest BCUT2D eigenvalue weighted by Crippen LogP contribution is 2.16. The number of hydrogen-bond acceptors (Lipinski definition) is 3. The summed E-state index contributed by atoms with van der Waals surface area (Å²) in [6.07, 6.45) is 0.808. The van der Waals surface area contributed by atoms with E-state index in [1.54, 1.807) is 0 Å². The summed E-state index contributed by atoms with van der Waals surface area (Å²) in [7, 11) is 0. The number of aliphatic carboxylic acids is 1. The van der Waals surface area contributed by atoms with E-state index < -0.39 is 5.97 Å². The second-order valence-corrected chi connectivity index (χ2v) is 7.35. The van der Waals surface area contributed by atoms with E-state index in [0.29, 0.717) is 18.9 Å². The normalized spacial score (nSPS) is 11.0. The predicted octanol–water partition coefficient (Wildman–Crippen LogP) is 2.85. The Morgan fingerprint density at radius 3 is 2.44 bits per heavy atom. The maximum atomic E-state index is 12.8. The van der Waals surface area contributed by atoms with Crippen LogP contribution in [0.4, 0.5) is 0 Å². The average molecular weight is 371 g/mol. The van der Waals surface area contributed by atoms with Gasteiger partial charge in [0.25, 0.3) is 0 Å². The monoisotopic (exact) mass is 371 g/mol. The third kappa shape index (κ3) is 5.94. The van der Waals surface area contributed by atoms with Crippen LogP contribution in [0.25, 0.3) is 0 Å². The van der Waals surface area contributed by atoms with Gasteiger partial charge >= 0.3 is 5.97 Å². The van der Waals surface area contributed by atoms with Crippen LogP contribution in [-0.4, -0.2) is 44.8 Å². The summed E-state index contributed by atoms with van der Waals surface area (Å²) in [4.78, 5) is 25.5. The van der Waals surface area contributed by atoms with Crippen molar-refractivity contribution < 1.29 is 14.7 Å². The molecule has 2 rings (SSSR count). The van der Waals surface area contributed by atoms with Crippen molar-refractivity contribution in [1.29, 1.82) is 0 Å². The van der Waals surface area contributed by atoms with Gasteiger partial charge in [0.2, 0.25) is 5.91 Å². The zero-order valence-electron chi connectivity index (χ0n) is 16.6. The highest BCUT2D eigenvalue weighted by molar-refractivity contribution is 5.83. The zero-order valence-corrected chi connectivity index (χ0v) is 16.6. The third-order valence-corrected chi connectivity index (χ3v) is 4.59. The van der Waals surface area contributed by atoms with Crippen LogP contribution in [-0.2, 0) is 29.0 Å². The van der Waals surface area contributed by atoms with E-state index in [0.717, 1.165) is 29.1 Å². The van der Waals surface area contributed by atoms with Gasteiger partial charge < -0.3 is 10.0 Å². The molecule has 6 nitrogen and oxygen atoms in total. The molecule has 1 amide bonds. The number of carbonyl (C=O) groups is 2. The van der Waals surface area contributed by atoms with E-state index in [-0.39, 0.29) is 18.9 Å². The Balaban J connectivity index is 2.11. The van der Waals surface area contributed by atoms with E-state index in [1.807, 2.05) is 48.9 Å². The number of rotatable bonds is 9. The number of hydrogen-bond donors (Lipinski definition) is 1. The first-order valence-electron chi connectivity index (χ1n) is 9.34. The summed E-state index contributed by atoms with van der Waals surface area (Å²) >= 11 is 0. The molecule has 1 aromatic heterocycles. The van der Waals surface area contributed by atoms with E-state index in [1.165, 1.54) is 4.90 Å². The number of carboxylic acid groups (broad SMARTS) is 1. The number of carbonyl (C=O) groups excluding carboxylic acids is 1. The summed E-state index contributed by atoms with van der Waals surface area (Å²) in [6.45, 7) is 9.01. The molecule has 0 unspecified atom stereocenters. The van der Waals surface area contributed by atoms with E-state index >= 15 is 0 Å². The first-order chi connectivity index (χ1) is 12.8. The molecule has 2 aromatic rings. The maximum Gasteiger partial charge on any atom is 0.323 e. The number of carboxylic acids is 1. The van der Waals surface area contributed by atoms with Crippen LogP contribution in [0.15, 0.2) is 30.3 Å². The number of aromatic nitrogens is 2. The van der Waals surface area contributed by atoms with Crippen LogP contribution >= 0.6 is 0 Å². The quantitative estimate of drug-likeness (QED) is 0.735. The van der Waals surface area contributed by atoms with Crippen molar-refractivity contribution in [2.75, 3.05) is 13.1 Å². The second kappa shape index (κ2) is 9.35. The van der Waals surface area contributed by atoms with Gasteiger partial charge in [-0.2, -0.15) is 5.10 Å². The first-order valence-corrected chi connectivity index (χ1v) is 9.34. The lowest BCUT2D eigenvalue weighted by atomic mass is 10.1. The second-order valence-electron chi connectivity index (χ2n) is 7.35. The Morgan fingerprint density at radius 2 is 1.85 bits per heavy atom. The Labute approximate surface area is 160 Å². The largest absolute Gasteiger partial charge is 0.480 e. The van der Waals surface area contributed by atoms with Gasteiger partial charge in [-0.25, -0.2) is 0 Å². The molecule has 0 saturated carbocycles. The van der Waals surface area contributed by atoms with Gasteiger partial charge in [-0.1, -0.05) is 44.2 Å². The highest BCUT2D eigenvalue weighted by Gasteiger charge is 2.21. The number of aryl methyl sites for hydroxylation is 1. The zero-order chi connectivity index (χ0) is 20.0. The molecular weight excluding hydrogens is 342 g/mol. The molecule has 1 aromatic carbocycles. The standard InChI is InChI=1S/C21H29N3O3/c1-15(2)13-24-17(4)19(16(3)22-24)12-20(25)23(14-21(26)27)11-10-18-8-6-5-7-9-18/h5-9,15H,10-14H2,1-4H3,(H,26,27). The summed E-state index contributed by atoms with van der Waals surface area (Å²) in [5, 5.41) is 13.7. The van der Waals surface area contributed by atoms with Crippen molar-refractivity contribution in [2.24, 2.45) is 5.92 Å². The molecule has 0 fully saturated rings. The fraction of sp³-hybridized carbons (Fsp3) is 0.476. The lowest BCUT2D eigenvalue weighted by Crippen LogP contribution is -2.38. The van der Waals surface area contributed by atoms with Crippen LogP contribution in [0.2, 0.25) is 0 Å². The lowest BCUT2D eigenvalue weighted by Gasteiger charge is -2.21. The third-order valence-electron chi connectivity index (χ3n) is 4.59. The topological polar surface area (TPSA) is 75.4 Å². The number of benzene rings is 1. The number of nitrogens with zero attached hydrogens (tertiary/aromatic N) is 3. The number of amides is 1. The van der Waals surface area contributed by atoms with E-state index in [9.17, 15) is 14.7 Å². The molecule has 0 aliphatic carbocycles. The Hall–Kier alpha value is -2.63. The summed E-state index contributed by atoms with van der Waals surface area (Å²) in [6, 6.07) is 9.77. The van der Waals surface area contributed by atoms with Gasteiger partial charge in [0.15, 0.2) is 0 Å². The van der Waals surface area contributed by atoms with Crippen LogP contribution in [0.5, 0.6) is 0 Å². The molecule has 0 radical (unpaired) electrons. The van der Waals surface area contributed by atoms with Crippen molar-refractivity contribution in [3.05, 3.63) is 52.8 Å². The van der Waals surface area contributed by atoms with Gasteiger partial charge in [-0.05, 0) is 31.7 Å². The maximum absolute atomic E-state index is 12.8. The van der Waals surface area contributed by atoms with Crippen LogP contribution in [0.1, 0.15) is 36.4 Å². The molecule has 0 saturated heterocycles. The van der Waals surface area contributed by atoms with Crippen molar-refractivity contribution >= 4 is 11.9 Å². The summed E-state index contributed by atoms with van der Waals surface area (Å²) in [5.41, 5.74) is 3.79. The molecule has 6 heteroatoms. The summed E-state index contributed by atoms with van der Waals surface area (Å²) in [5.74, 6) is -0.718.